The molecule has 1 heterocycles. The highest BCUT2D eigenvalue weighted by Gasteiger charge is 2.12. The Hall–Kier alpha value is -1.58. The predicted octanol–water partition coefficient (Wildman–Crippen LogP) is 3.16. The molecule has 0 atom stereocenters. The molecule has 1 aliphatic rings. The van der Waals surface area contributed by atoms with Gasteiger partial charge >= 0.3 is 0 Å². The van der Waals surface area contributed by atoms with Crippen molar-refractivity contribution in [1.29, 1.82) is 0 Å². The van der Waals surface area contributed by atoms with E-state index >= 15 is 0 Å². The van der Waals surface area contributed by atoms with Gasteiger partial charge in [0.2, 0.25) is 0 Å². The van der Waals surface area contributed by atoms with E-state index in [1.165, 1.54) is 42.5 Å². The van der Waals surface area contributed by atoms with Crippen molar-refractivity contribution in [3.05, 3.63) is 42.0 Å². The molecule has 1 fully saturated rings. The monoisotopic (exact) mass is 298 g/mol. The molecule has 0 bridgehead atoms. The van der Waals surface area contributed by atoms with Gasteiger partial charge in [0.15, 0.2) is 0 Å². The Morgan fingerprint density at radius 2 is 1.73 bits per heavy atom. The van der Waals surface area contributed by atoms with E-state index in [1.807, 2.05) is 0 Å². The maximum absolute atomic E-state index is 5.93. The molecule has 3 heteroatoms. The third-order valence-corrected chi connectivity index (χ3v) is 4.45. The summed E-state index contributed by atoms with van der Waals surface area (Å²) in [7, 11) is 2.20. The normalized spacial score (nSPS) is 17.0. The van der Waals surface area contributed by atoms with Gasteiger partial charge in [-0.15, -0.1) is 0 Å². The highest BCUT2D eigenvalue weighted by Crippen LogP contribution is 2.22. The Morgan fingerprint density at radius 1 is 0.955 bits per heavy atom. The van der Waals surface area contributed by atoms with Crippen molar-refractivity contribution in [2.75, 3.05) is 46.4 Å². The van der Waals surface area contributed by atoms with E-state index < -0.39 is 0 Å². The van der Waals surface area contributed by atoms with E-state index in [-0.39, 0.29) is 0 Å². The molecule has 2 aromatic carbocycles. The quantitative estimate of drug-likeness (QED) is 0.789. The molecule has 0 spiro atoms. The van der Waals surface area contributed by atoms with E-state index in [0.29, 0.717) is 0 Å². The van der Waals surface area contributed by atoms with Crippen LogP contribution in [0.1, 0.15) is 12.0 Å². The summed E-state index contributed by atoms with van der Waals surface area (Å²) in [4.78, 5) is 4.93. The van der Waals surface area contributed by atoms with E-state index in [4.69, 9.17) is 4.74 Å². The number of fused-ring (bicyclic) bond motifs is 1. The van der Waals surface area contributed by atoms with E-state index in [0.717, 1.165) is 25.3 Å². The van der Waals surface area contributed by atoms with Crippen molar-refractivity contribution in [2.45, 2.75) is 13.3 Å². The van der Waals surface area contributed by atoms with E-state index in [1.54, 1.807) is 0 Å². The number of likely N-dealkylation sites (N-methyl/N-ethyl adjacent to an activating group) is 1. The van der Waals surface area contributed by atoms with Gasteiger partial charge in [-0.05, 0) is 43.3 Å². The third-order valence-electron chi connectivity index (χ3n) is 4.45. The van der Waals surface area contributed by atoms with Crippen molar-refractivity contribution >= 4 is 10.8 Å². The lowest BCUT2D eigenvalue weighted by Crippen LogP contribution is -2.44. The predicted molar refractivity (Wildman–Crippen MR) is 92.7 cm³/mol. The van der Waals surface area contributed by atoms with Gasteiger partial charge in [0.25, 0.3) is 0 Å². The van der Waals surface area contributed by atoms with Crippen molar-refractivity contribution in [3.8, 4) is 5.75 Å². The summed E-state index contributed by atoms with van der Waals surface area (Å²) in [6.45, 7) is 8.81. The topological polar surface area (TPSA) is 15.7 Å². The molecule has 0 saturated carbocycles. The maximum atomic E-state index is 5.93. The highest BCUT2D eigenvalue weighted by atomic mass is 16.5. The number of hydrogen-bond donors (Lipinski definition) is 0. The molecule has 0 unspecified atom stereocenters. The van der Waals surface area contributed by atoms with Crippen LogP contribution in [0.2, 0.25) is 0 Å². The van der Waals surface area contributed by atoms with Gasteiger partial charge in [0.1, 0.15) is 5.75 Å². The SMILES string of the molecule is Cc1ccc2ccc(OCCCN3CCN(C)CC3)cc2c1. The molecule has 0 amide bonds. The average Bonchev–Trinajstić information content (AvgIpc) is 2.53. The van der Waals surface area contributed by atoms with Crippen LogP contribution in [-0.4, -0.2) is 56.2 Å². The van der Waals surface area contributed by atoms with Crippen LogP contribution in [0.3, 0.4) is 0 Å². The van der Waals surface area contributed by atoms with Gasteiger partial charge in [-0.2, -0.15) is 0 Å². The van der Waals surface area contributed by atoms with Crippen LogP contribution in [-0.2, 0) is 0 Å². The zero-order valence-corrected chi connectivity index (χ0v) is 13.7. The van der Waals surface area contributed by atoms with E-state index in [2.05, 4.69) is 60.2 Å². The fourth-order valence-electron chi connectivity index (χ4n) is 2.98. The molecule has 118 valence electrons. The number of piperazine rings is 1. The molecule has 0 N–H and O–H groups in total. The number of aryl methyl sites for hydroxylation is 1. The minimum atomic E-state index is 0.795. The second-order valence-electron chi connectivity index (χ2n) is 6.36. The van der Waals surface area contributed by atoms with Gasteiger partial charge < -0.3 is 14.5 Å². The molecule has 3 rings (SSSR count). The number of benzene rings is 2. The molecular formula is C19H26N2O. The van der Waals surface area contributed by atoms with Crippen LogP contribution in [0.5, 0.6) is 5.75 Å². The second-order valence-corrected chi connectivity index (χ2v) is 6.36. The number of ether oxygens (including phenoxy) is 1. The summed E-state index contributed by atoms with van der Waals surface area (Å²) >= 11 is 0. The first kappa shape index (κ1) is 15.3. The lowest BCUT2D eigenvalue weighted by atomic mass is 10.1. The minimum absolute atomic E-state index is 0.795. The summed E-state index contributed by atoms with van der Waals surface area (Å²) < 4.78 is 5.93. The molecule has 2 aromatic rings. The summed E-state index contributed by atoms with van der Waals surface area (Å²) in [5.74, 6) is 0.983. The van der Waals surface area contributed by atoms with Gasteiger partial charge in [-0.1, -0.05) is 29.8 Å². The summed E-state index contributed by atoms with van der Waals surface area (Å²) in [6.07, 6.45) is 1.09. The Labute approximate surface area is 133 Å². The van der Waals surface area contributed by atoms with Crippen molar-refractivity contribution in [1.82, 2.24) is 9.80 Å². The standard InChI is InChI=1S/C19H26N2O/c1-16-4-5-17-6-7-19(15-18(17)14-16)22-13-3-8-21-11-9-20(2)10-12-21/h4-7,14-15H,3,8-13H2,1-2H3. The van der Waals surface area contributed by atoms with E-state index in [9.17, 15) is 0 Å². The Balaban J connectivity index is 1.47. The lowest BCUT2D eigenvalue weighted by molar-refractivity contribution is 0.145. The molecular weight excluding hydrogens is 272 g/mol. The smallest absolute Gasteiger partial charge is 0.119 e. The number of nitrogens with zero attached hydrogens (tertiary/aromatic N) is 2. The van der Waals surface area contributed by atoms with Gasteiger partial charge in [0.05, 0.1) is 6.61 Å². The molecule has 0 aromatic heterocycles. The van der Waals surface area contributed by atoms with Crippen LogP contribution in [0.25, 0.3) is 10.8 Å². The first-order valence-electron chi connectivity index (χ1n) is 8.25. The molecule has 0 radical (unpaired) electrons. The fourth-order valence-corrected chi connectivity index (χ4v) is 2.98. The maximum Gasteiger partial charge on any atom is 0.119 e. The third kappa shape index (κ3) is 3.99. The van der Waals surface area contributed by atoms with Crippen LogP contribution < -0.4 is 4.74 Å². The summed E-state index contributed by atoms with van der Waals surface area (Å²) in [5.41, 5.74) is 1.29. The fraction of sp³-hybridized carbons (Fsp3) is 0.474. The van der Waals surface area contributed by atoms with Gasteiger partial charge in [0, 0.05) is 32.7 Å². The number of hydrogen-bond acceptors (Lipinski definition) is 3. The van der Waals surface area contributed by atoms with Crippen LogP contribution >= 0.6 is 0 Å². The summed E-state index contributed by atoms with van der Waals surface area (Å²) in [6, 6.07) is 12.9. The van der Waals surface area contributed by atoms with Crippen molar-refractivity contribution in [2.24, 2.45) is 0 Å². The molecule has 3 nitrogen and oxygen atoms in total. The largest absolute Gasteiger partial charge is 0.494 e. The molecule has 0 aliphatic carbocycles. The first-order valence-corrected chi connectivity index (χ1v) is 8.25. The second kappa shape index (κ2) is 7.12. The Kier molecular flexibility index (Phi) is 4.96. The number of rotatable bonds is 5. The molecule has 22 heavy (non-hydrogen) atoms. The Morgan fingerprint density at radius 3 is 2.55 bits per heavy atom. The average molecular weight is 298 g/mol. The lowest BCUT2D eigenvalue weighted by Gasteiger charge is -2.32. The van der Waals surface area contributed by atoms with Crippen LogP contribution in [0, 0.1) is 6.92 Å². The Bertz CT molecular complexity index is 618. The highest BCUT2D eigenvalue weighted by molar-refractivity contribution is 5.84. The zero-order valence-electron chi connectivity index (χ0n) is 13.7. The van der Waals surface area contributed by atoms with Gasteiger partial charge in [-0.25, -0.2) is 0 Å². The first-order chi connectivity index (χ1) is 10.7. The molecule has 1 aliphatic heterocycles. The van der Waals surface area contributed by atoms with Crippen molar-refractivity contribution in [3.63, 3.8) is 0 Å². The molecule has 1 saturated heterocycles. The van der Waals surface area contributed by atoms with Crippen LogP contribution in [0.15, 0.2) is 36.4 Å². The summed E-state index contributed by atoms with van der Waals surface area (Å²) in [5, 5.41) is 2.53. The van der Waals surface area contributed by atoms with Gasteiger partial charge in [-0.3, -0.25) is 0 Å². The van der Waals surface area contributed by atoms with Crippen LogP contribution in [0.4, 0.5) is 0 Å². The zero-order chi connectivity index (χ0) is 15.4. The van der Waals surface area contributed by atoms with Crippen molar-refractivity contribution < 1.29 is 4.74 Å². The minimum Gasteiger partial charge on any atom is -0.494 e.